The lowest BCUT2D eigenvalue weighted by molar-refractivity contribution is 1.34. The predicted molar refractivity (Wildman–Crippen MR) is 30.5 cm³/mol. The topological polar surface area (TPSA) is 17.2 Å². The van der Waals surface area contributed by atoms with E-state index in [1.807, 2.05) is 0 Å². The van der Waals surface area contributed by atoms with Crippen LogP contribution in [0, 0.1) is 6.57 Å². The average Bonchev–Trinajstić information content (AvgIpc) is 1.90. The SMILES string of the molecule is [C-]#[N+]c1cccnc1. The van der Waals surface area contributed by atoms with Gasteiger partial charge in [0.2, 0.25) is 5.69 Å². The number of hydrogen-bond acceptors (Lipinski definition) is 1. The highest BCUT2D eigenvalue weighted by Gasteiger charge is 1.81. The molecule has 2 nitrogen and oxygen atoms in total. The lowest BCUT2D eigenvalue weighted by Gasteiger charge is -1.80. The Morgan fingerprint density at radius 3 is 2.88 bits per heavy atom. The highest BCUT2D eigenvalue weighted by molar-refractivity contribution is 5.40. The van der Waals surface area contributed by atoms with Crippen molar-refractivity contribution in [2.45, 2.75) is 0 Å². The molecule has 0 N–H and O–H groups in total. The summed E-state index contributed by atoms with van der Waals surface area (Å²) >= 11 is 0. The van der Waals surface area contributed by atoms with Crippen molar-refractivity contribution in [2.24, 2.45) is 0 Å². The zero-order chi connectivity index (χ0) is 5.82. The van der Waals surface area contributed by atoms with E-state index in [2.05, 4.69) is 9.83 Å². The van der Waals surface area contributed by atoms with Gasteiger partial charge in [0.25, 0.3) is 0 Å². The van der Waals surface area contributed by atoms with E-state index in [0.717, 1.165) is 0 Å². The Bertz CT molecular complexity index is 198. The fourth-order valence-electron chi connectivity index (χ4n) is 0.420. The minimum Gasteiger partial charge on any atom is -0.276 e. The largest absolute Gasteiger partial charge is 0.276 e. The van der Waals surface area contributed by atoms with E-state index < -0.39 is 0 Å². The van der Waals surface area contributed by atoms with Crippen molar-refractivity contribution >= 4 is 5.69 Å². The van der Waals surface area contributed by atoms with Gasteiger partial charge >= 0.3 is 0 Å². The molecule has 0 aromatic carbocycles. The Morgan fingerprint density at radius 2 is 2.50 bits per heavy atom. The van der Waals surface area contributed by atoms with Crippen molar-refractivity contribution in [1.29, 1.82) is 0 Å². The van der Waals surface area contributed by atoms with Crippen molar-refractivity contribution in [3.63, 3.8) is 0 Å². The van der Waals surface area contributed by atoms with Gasteiger partial charge in [-0.25, -0.2) is 4.85 Å². The normalized spacial score (nSPS) is 7.88. The van der Waals surface area contributed by atoms with Crippen molar-refractivity contribution in [2.75, 3.05) is 0 Å². The van der Waals surface area contributed by atoms with Gasteiger partial charge in [-0.05, 0) is 0 Å². The maximum atomic E-state index is 6.53. The predicted octanol–water partition coefficient (Wildman–Crippen LogP) is 1.63. The molecule has 0 saturated heterocycles. The first-order valence-electron chi connectivity index (χ1n) is 2.21. The molecule has 38 valence electrons. The van der Waals surface area contributed by atoms with E-state index in [9.17, 15) is 0 Å². The molecule has 1 aromatic heterocycles. The monoisotopic (exact) mass is 104 g/mol. The van der Waals surface area contributed by atoms with E-state index in [-0.39, 0.29) is 0 Å². The first-order valence-corrected chi connectivity index (χ1v) is 2.21. The number of aromatic nitrogens is 1. The Balaban J connectivity index is 3.05. The van der Waals surface area contributed by atoms with Gasteiger partial charge in [-0.3, -0.25) is 4.98 Å². The fraction of sp³-hybridized carbons (Fsp3) is 0. The molecule has 2 heteroatoms. The number of hydrogen-bond donors (Lipinski definition) is 0. The zero-order valence-corrected chi connectivity index (χ0v) is 4.20. The maximum absolute atomic E-state index is 6.53. The number of nitrogens with zero attached hydrogens (tertiary/aromatic N) is 2. The van der Waals surface area contributed by atoms with Crippen molar-refractivity contribution in [1.82, 2.24) is 4.98 Å². The van der Waals surface area contributed by atoms with Crippen LogP contribution < -0.4 is 0 Å². The summed E-state index contributed by atoms with van der Waals surface area (Å²) in [6.45, 7) is 6.53. The Morgan fingerprint density at radius 1 is 1.62 bits per heavy atom. The van der Waals surface area contributed by atoms with Gasteiger partial charge in [0.05, 0.1) is 6.57 Å². The molecule has 1 rings (SSSR count). The highest BCUT2D eigenvalue weighted by Crippen LogP contribution is 2.05. The molecule has 1 heterocycles. The van der Waals surface area contributed by atoms with Crippen LogP contribution >= 0.6 is 0 Å². The van der Waals surface area contributed by atoms with E-state index in [0.29, 0.717) is 5.69 Å². The summed E-state index contributed by atoms with van der Waals surface area (Å²) in [4.78, 5) is 6.90. The summed E-state index contributed by atoms with van der Waals surface area (Å²) in [5.74, 6) is 0. The average molecular weight is 104 g/mol. The van der Waals surface area contributed by atoms with Crippen LogP contribution in [0.4, 0.5) is 5.69 Å². The van der Waals surface area contributed by atoms with E-state index >= 15 is 0 Å². The lowest BCUT2D eigenvalue weighted by Crippen LogP contribution is -1.62. The van der Waals surface area contributed by atoms with Gasteiger partial charge in [0, 0.05) is 12.4 Å². The maximum Gasteiger partial charge on any atom is 0.205 e. The summed E-state index contributed by atoms with van der Waals surface area (Å²) < 4.78 is 0. The molecule has 0 spiro atoms. The van der Waals surface area contributed by atoms with Crippen molar-refractivity contribution < 1.29 is 0 Å². The van der Waals surface area contributed by atoms with Gasteiger partial charge in [-0.1, -0.05) is 12.1 Å². The molecule has 0 fully saturated rings. The summed E-state index contributed by atoms with van der Waals surface area (Å²) in [5, 5.41) is 0. The van der Waals surface area contributed by atoms with E-state index in [1.165, 1.54) is 6.20 Å². The van der Waals surface area contributed by atoms with Gasteiger partial charge in [-0.2, -0.15) is 0 Å². The fourth-order valence-corrected chi connectivity index (χ4v) is 0.420. The quantitative estimate of drug-likeness (QED) is 0.457. The summed E-state index contributed by atoms with van der Waals surface area (Å²) in [6.07, 6.45) is 3.18. The second-order valence-electron chi connectivity index (χ2n) is 1.32. The molecule has 0 unspecified atom stereocenters. The molecule has 0 amide bonds. The third-order valence-electron chi connectivity index (χ3n) is 0.775. The summed E-state index contributed by atoms with van der Waals surface area (Å²) in [5.41, 5.74) is 0.590. The molecule has 0 atom stereocenters. The summed E-state index contributed by atoms with van der Waals surface area (Å²) in [6, 6.07) is 3.47. The van der Waals surface area contributed by atoms with Gasteiger partial charge < -0.3 is 0 Å². The molecule has 8 heavy (non-hydrogen) atoms. The standard InChI is InChI=1S/C6H4N2/c1-7-6-3-2-4-8-5-6/h2-5H. The zero-order valence-electron chi connectivity index (χ0n) is 4.20. The highest BCUT2D eigenvalue weighted by atomic mass is 14.7. The molecule has 0 saturated carbocycles. The van der Waals surface area contributed by atoms with Gasteiger partial charge in [0.1, 0.15) is 0 Å². The first kappa shape index (κ1) is 4.79. The molecule has 0 aliphatic carbocycles. The van der Waals surface area contributed by atoms with Crippen LogP contribution in [-0.4, -0.2) is 4.98 Å². The van der Waals surface area contributed by atoms with Gasteiger partial charge in [0.15, 0.2) is 0 Å². The van der Waals surface area contributed by atoms with Crippen molar-refractivity contribution in [3.05, 3.63) is 35.9 Å². The Kier molecular flexibility index (Phi) is 1.25. The molecular formula is C6H4N2. The van der Waals surface area contributed by atoms with Crippen LogP contribution in [-0.2, 0) is 0 Å². The van der Waals surface area contributed by atoms with Crippen LogP contribution in [0.15, 0.2) is 24.5 Å². The lowest BCUT2D eigenvalue weighted by atomic mass is 10.4. The van der Waals surface area contributed by atoms with Crippen molar-refractivity contribution in [3.8, 4) is 0 Å². The Labute approximate surface area is 47.6 Å². The molecule has 0 aliphatic rings. The third-order valence-corrected chi connectivity index (χ3v) is 0.775. The third kappa shape index (κ3) is 0.824. The molecule has 1 aromatic rings. The van der Waals surface area contributed by atoms with E-state index in [1.54, 1.807) is 18.3 Å². The molecule has 0 aliphatic heterocycles. The number of pyridine rings is 1. The molecule has 0 bridgehead atoms. The minimum absolute atomic E-state index is 0.590. The second kappa shape index (κ2) is 2.08. The van der Waals surface area contributed by atoms with Gasteiger partial charge in [-0.15, -0.1) is 0 Å². The summed E-state index contributed by atoms with van der Waals surface area (Å²) in [7, 11) is 0. The second-order valence-corrected chi connectivity index (χ2v) is 1.32. The first-order chi connectivity index (χ1) is 3.93. The minimum atomic E-state index is 0.590. The number of rotatable bonds is 0. The van der Waals surface area contributed by atoms with Crippen LogP contribution in [0.25, 0.3) is 4.85 Å². The molecule has 0 radical (unpaired) electrons. The van der Waals surface area contributed by atoms with Crippen LogP contribution in [0.2, 0.25) is 0 Å². The van der Waals surface area contributed by atoms with Crippen LogP contribution in [0.3, 0.4) is 0 Å². The van der Waals surface area contributed by atoms with E-state index in [4.69, 9.17) is 6.57 Å². The van der Waals surface area contributed by atoms with Crippen LogP contribution in [0.1, 0.15) is 0 Å². The van der Waals surface area contributed by atoms with Crippen LogP contribution in [0.5, 0.6) is 0 Å². The molecular weight excluding hydrogens is 100 g/mol. The Hall–Kier alpha value is -1.36. The smallest absolute Gasteiger partial charge is 0.205 e.